The Bertz CT molecular complexity index is 216. The van der Waals surface area contributed by atoms with Crippen molar-refractivity contribution in [1.82, 2.24) is 9.80 Å². The highest BCUT2D eigenvalue weighted by molar-refractivity contribution is 9.09. The number of carbonyl (C=O) groups excluding carboxylic acids is 1. The summed E-state index contributed by atoms with van der Waals surface area (Å²) in [6.07, 6.45) is 0.124. The molecule has 1 fully saturated rings. The minimum absolute atomic E-state index is 0.118. The van der Waals surface area contributed by atoms with Gasteiger partial charge in [-0.1, -0.05) is 15.9 Å². The molecule has 0 aromatic carbocycles. The van der Waals surface area contributed by atoms with Crippen molar-refractivity contribution in [3.63, 3.8) is 0 Å². The van der Waals surface area contributed by atoms with Gasteiger partial charge in [-0.25, -0.2) is 0 Å². The summed E-state index contributed by atoms with van der Waals surface area (Å²) in [6, 6.07) is 0. The largest absolute Gasteiger partial charge is 0.369 e. The monoisotopic (exact) mass is 292 g/mol. The van der Waals surface area contributed by atoms with Crippen LogP contribution in [0.2, 0.25) is 0 Å². The van der Waals surface area contributed by atoms with E-state index in [2.05, 4.69) is 20.8 Å². The first-order chi connectivity index (χ1) is 7.63. The van der Waals surface area contributed by atoms with Gasteiger partial charge in [0.1, 0.15) is 6.61 Å². The van der Waals surface area contributed by atoms with E-state index in [9.17, 15) is 4.79 Å². The van der Waals surface area contributed by atoms with Gasteiger partial charge in [0, 0.05) is 38.1 Å². The Balaban J connectivity index is 2.22. The molecular formula is C11H21BrN2O2. The second kappa shape index (κ2) is 7.25. The van der Waals surface area contributed by atoms with Gasteiger partial charge in [0.05, 0.1) is 6.10 Å². The Labute approximate surface area is 106 Å². The molecule has 0 bridgehead atoms. The van der Waals surface area contributed by atoms with E-state index in [0.717, 1.165) is 38.1 Å². The normalized spacial score (nSPS) is 18.1. The van der Waals surface area contributed by atoms with Crippen LogP contribution in [-0.4, -0.2) is 66.5 Å². The van der Waals surface area contributed by atoms with Gasteiger partial charge >= 0.3 is 0 Å². The maximum absolute atomic E-state index is 11.7. The van der Waals surface area contributed by atoms with Crippen molar-refractivity contribution in [2.75, 3.05) is 44.7 Å². The summed E-state index contributed by atoms with van der Waals surface area (Å²) >= 11 is 3.43. The molecule has 1 heterocycles. The molecule has 0 saturated carbocycles. The van der Waals surface area contributed by atoms with Crippen molar-refractivity contribution < 1.29 is 9.53 Å². The van der Waals surface area contributed by atoms with Gasteiger partial charge in [0.2, 0.25) is 5.91 Å². The first kappa shape index (κ1) is 13.9. The van der Waals surface area contributed by atoms with E-state index >= 15 is 0 Å². The fourth-order valence-electron chi connectivity index (χ4n) is 1.67. The molecule has 1 aliphatic rings. The molecule has 1 rings (SSSR count). The van der Waals surface area contributed by atoms with Crippen LogP contribution in [0, 0.1) is 0 Å². The minimum Gasteiger partial charge on any atom is -0.369 e. The molecule has 0 spiro atoms. The smallest absolute Gasteiger partial charge is 0.248 e. The van der Waals surface area contributed by atoms with Crippen LogP contribution in [-0.2, 0) is 9.53 Å². The molecule has 0 aromatic rings. The molecule has 0 aliphatic carbocycles. The SMILES string of the molecule is CC(C)OCC(=O)N1CCN(CCBr)CC1. The number of hydrogen-bond acceptors (Lipinski definition) is 3. The summed E-state index contributed by atoms with van der Waals surface area (Å²) in [5.41, 5.74) is 0. The second-order valence-corrected chi connectivity index (χ2v) is 5.06. The average Bonchev–Trinajstić information content (AvgIpc) is 2.27. The van der Waals surface area contributed by atoms with E-state index in [1.165, 1.54) is 0 Å². The van der Waals surface area contributed by atoms with Crippen LogP contribution < -0.4 is 0 Å². The highest BCUT2D eigenvalue weighted by atomic mass is 79.9. The standard InChI is InChI=1S/C11H21BrN2O2/c1-10(2)16-9-11(15)14-7-5-13(4-3-12)6-8-14/h10H,3-9H2,1-2H3. The predicted octanol–water partition coefficient (Wildman–Crippen LogP) is 0.951. The first-order valence-corrected chi connectivity index (χ1v) is 6.93. The molecule has 0 radical (unpaired) electrons. The van der Waals surface area contributed by atoms with E-state index in [1.807, 2.05) is 18.7 Å². The quantitative estimate of drug-likeness (QED) is 0.708. The molecule has 1 aliphatic heterocycles. The van der Waals surface area contributed by atoms with Gasteiger partial charge in [0.15, 0.2) is 0 Å². The number of halogens is 1. The number of ether oxygens (including phenoxy) is 1. The van der Waals surface area contributed by atoms with Crippen LogP contribution in [0.4, 0.5) is 0 Å². The molecule has 0 atom stereocenters. The van der Waals surface area contributed by atoms with Crippen LogP contribution in [0.15, 0.2) is 0 Å². The third kappa shape index (κ3) is 4.80. The third-order valence-electron chi connectivity index (χ3n) is 2.67. The Morgan fingerprint density at radius 2 is 1.94 bits per heavy atom. The molecule has 1 saturated heterocycles. The van der Waals surface area contributed by atoms with Crippen molar-refractivity contribution in [1.29, 1.82) is 0 Å². The zero-order valence-corrected chi connectivity index (χ0v) is 11.7. The fourth-order valence-corrected chi connectivity index (χ4v) is 2.17. The number of nitrogens with zero attached hydrogens (tertiary/aromatic N) is 2. The molecule has 1 amide bonds. The molecule has 94 valence electrons. The summed E-state index contributed by atoms with van der Waals surface area (Å²) in [7, 11) is 0. The molecule has 0 unspecified atom stereocenters. The van der Waals surface area contributed by atoms with Crippen LogP contribution >= 0.6 is 15.9 Å². The maximum Gasteiger partial charge on any atom is 0.248 e. The van der Waals surface area contributed by atoms with Crippen molar-refractivity contribution in [3.05, 3.63) is 0 Å². The fraction of sp³-hybridized carbons (Fsp3) is 0.909. The van der Waals surface area contributed by atoms with E-state index in [4.69, 9.17) is 4.74 Å². The Morgan fingerprint density at radius 1 is 1.31 bits per heavy atom. The van der Waals surface area contributed by atoms with Gasteiger partial charge < -0.3 is 9.64 Å². The topological polar surface area (TPSA) is 32.8 Å². The number of piperazine rings is 1. The van der Waals surface area contributed by atoms with Crippen LogP contribution in [0.5, 0.6) is 0 Å². The summed E-state index contributed by atoms with van der Waals surface area (Å²) in [5.74, 6) is 0.118. The molecule has 16 heavy (non-hydrogen) atoms. The van der Waals surface area contributed by atoms with Gasteiger partial charge in [-0.2, -0.15) is 0 Å². The molecule has 4 nitrogen and oxygen atoms in total. The van der Waals surface area contributed by atoms with E-state index in [0.29, 0.717) is 0 Å². The Kier molecular flexibility index (Phi) is 6.31. The summed E-state index contributed by atoms with van der Waals surface area (Å²) < 4.78 is 5.32. The number of alkyl halides is 1. The van der Waals surface area contributed by atoms with Crippen LogP contribution in [0.1, 0.15) is 13.8 Å². The van der Waals surface area contributed by atoms with Gasteiger partial charge in [0.25, 0.3) is 0 Å². The van der Waals surface area contributed by atoms with Crippen LogP contribution in [0.3, 0.4) is 0 Å². The number of hydrogen-bond donors (Lipinski definition) is 0. The zero-order valence-electron chi connectivity index (χ0n) is 10.1. The Morgan fingerprint density at radius 3 is 2.44 bits per heavy atom. The van der Waals surface area contributed by atoms with Crippen molar-refractivity contribution >= 4 is 21.8 Å². The average molecular weight is 293 g/mol. The Hall–Kier alpha value is -0.130. The number of carbonyl (C=O) groups is 1. The summed E-state index contributed by atoms with van der Waals surface area (Å²) in [6.45, 7) is 8.77. The maximum atomic E-state index is 11.7. The molecule has 0 N–H and O–H groups in total. The third-order valence-corrected chi connectivity index (χ3v) is 3.02. The number of rotatable bonds is 5. The molecular weight excluding hydrogens is 272 g/mol. The number of amides is 1. The highest BCUT2D eigenvalue weighted by Gasteiger charge is 2.20. The van der Waals surface area contributed by atoms with Crippen molar-refractivity contribution in [2.45, 2.75) is 20.0 Å². The lowest BCUT2D eigenvalue weighted by Crippen LogP contribution is -2.50. The lowest BCUT2D eigenvalue weighted by Gasteiger charge is -2.34. The van der Waals surface area contributed by atoms with Gasteiger partial charge in [-0.15, -0.1) is 0 Å². The van der Waals surface area contributed by atoms with Gasteiger partial charge in [-0.05, 0) is 13.8 Å². The van der Waals surface area contributed by atoms with Crippen molar-refractivity contribution in [2.24, 2.45) is 0 Å². The van der Waals surface area contributed by atoms with Gasteiger partial charge in [-0.3, -0.25) is 9.69 Å². The highest BCUT2D eigenvalue weighted by Crippen LogP contribution is 2.03. The minimum atomic E-state index is 0.118. The molecule has 0 aromatic heterocycles. The zero-order chi connectivity index (χ0) is 12.0. The van der Waals surface area contributed by atoms with E-state index in [1.54, 1.807) is 0 Å². The van der Waals surface area contributed by atoms with E-state index < -0.39 is 0 Å². The van der Waals surface area contributed by atoms with E-state index in [-0.39, 0.29) is 18.6 Å². The molecule has 5 heteroatoms. The summed E-state index contributed by atoms with van der Waals surface area (Å²) in [4.78, 5) is 16.0. The van der Waals surface area contributed by atoms with Crippen LogP contribution in [0.25, 0.3) is 0 Å². The lowest BCUT2D eigenvalue weighted by atomic mass is 10.3. The second-order valence-electron chi connectivity index (χ2n) is 4.27. The predicted molar refractivity (Wildman–Crippen MR) is 67.9 cm³/mol. The van der Waals surface area contributed by atoms with Crippen molar-refractivity contribution in [3.8, 4) is 0 Å². The lowest BCUT2D eigenvalue weighted by molar-refractivity contribution is -0.139. The summed E-state index contributed by atoms with van der Waals surface area (Å²) in [5, 5.41) is 0.997. The first-order valence-electron chi connectivity index (χ1n) is 5.81.